The molecule has 2 N–H and O–H groups in total. The van der Waals surface area contributed by atoms with Gasteiger partial charge in [-0.2, -0.15) is 0 Å². The summed E-state index contributed by atoms with van der Waals surface area (Å²) in [6.07, 6.45) is 3.01. The molecule has 0 aromatic carbocycles. The molecule has 110 valence electrons. The Morgan fingerprint density at radius 2 is 2.00 bits per heavy atom. The minimum absolute atomic E-state index is 0.00998. The molecule has 3 unspecified atom stereocenters. The summed E-state index contributed by atoms with van der Waals surface area (Å²) in [5.41, 5.74) is 0. The van der Waals surface area contributed by atoms with E-state index in [4.69, 9.17) is 5.11 Å². The highest BCUT2D eigenvalue weighted by Gasteiger charge is 2.33. The van der Waals surface area contributed by atoms with Gasteiger partial charge in [0.15, 0.2) is 0 Å². The van der Waals surface area contributed by atoms with Crippen LogP contribution in [-0.2, 0) is 4.79 Å². The van der Waals surface area contributed by atoms with Crippen LogP contribution < -0.4 is 5.32 Å². The third-order valence-corrected chi connectivity index (χ3v) is 4.09. The summed E-state index contributed by atoms with van der Waals surface area (Å²) in [6.45, 7) is 8.05. The fourth-order valence-electron chi connectivity index (χ4n) is 2.74. The van der Waals surface area contributed by atoms with Gasteiger partial charge >= 0.3 is 12.0 Å². The van der Waals surface area contributed by atoms with Gasteiger partial charge in [0, 0.05) is 18.6 Å². The van der Waals surface area contributed by atoms with Crippen LogP contribution in [-0.4, -0.2) is 40.6 Å². The van der Waals surface area contributed by atoms with Crippen molar-refractivity contribution in [1.29, 1.82) is 0 Å². The van der Waals surface area contributed by atoms with Crippen LogP contribution >= 0.6 is 0 Å². The maximum Gasteiger partial charge on any atom is 0.317 e. The molecule has 0 spiro atoms. The zero-order valence-corrected chi connectivity index (χ0v) is 12.3. The lowest BCUT2D eigenvalue weighted by Gasteiger charge is -2.29. The molecule has 1 fully saturated rings. The van der Waals surface area contributed by atoms with Crippen LogP contribution in [0.1, 0.15) is 47.0 Å². The van der Waals surface area contributed by atoms with Gasteiger partial charge < -0.3 is 15.3 Å². The second kappa shape index (κ2) is 6.78. The monoisotopic (exact) mass is 270 g/mol. The van der Waals surface area contributed by atoms with E-state index in [1.807, 2.05) is 25.7 Å². The van der Waals surface area contributed by atoms with Gasteiger partial charge in [-0.25, -0.2) is 4.79 Å². The van der Waals surface area contributed by atoms with Crippen molar-refractivity contribution in [3.05, 3.63) is 0 Å². The van der Waals surface area contributed by atoms with E-state index in [1.165, 1.54) is 0 Å². The van der Waals surface area contributed by atoms with E-state index in [-0.39, 0.29) is 30.6 Å². The fraction of sp³-hybridized carbons (Fsp3) is 0.857. The van der Waals surface area contributed by atoms with Crippen molar-refractivity contribution < 1.29 is 14.7 Å². The maximum absolute atomic E-state index is 12.2. The number of carboxylic acid groups (broad SMARTS) is 1. The van der Waals surface area contributed by atoms with Crippen molar-refractivity contribution in [2.45, 2.75) is 59.0 Å². The second-order valence-electron chi connectivity index (χ2n) is 5.77. The van der Waals surface area contributed by atoms with Crippen LogP contribution in [0.4, 0.5) is 4.79 Å². The van der Waals surface area contributed by atoms with Gasteiger partial charge in [-0.3, -0.25) is 4.79 Å². The molecule has 19 heavy (non-hydrogen) atoms. The van der Waals surface area contributed by atoms with Crippen LogP contribution in [0.25, 0.3) is 0 Å². The number of aliphatic carboxylic acids is 1. The topological polar surface area (TPSA) is 69.6 Å². The summed E-state index contributed by atoms with van der Waals surface area (Å²) < 4.78 is 0. The van der Waals surface area contributed by atoms with Crippen molar-refractivity contribution in [3.8, 4) is 0 Å². The van der Waals surface area contributed by atoms with Gasteiger partial charge in [-0.05, 0) is 32.1 Å². The van der Waals surface area contributed by atoms with E-state index in [9.17, 15) is 9.59 Å². The molecule has 0 bridgehead atoms. The number of carbonyl (C=O) groups excluding carboxylic acids is 1. The highest BCUT2D eigenvalue weighted by molar-refractivity contribution is 5.77. The van der Waals surface area contributed by atoms with Crippen LogP contribution in [0, 0.1) is 11.8 Å². The molecule has 0 aliphatic carbocycles. The number of rotatable bonds is 5. The highest BCUT2D eigenvalue weighted by Crippen LogP contribution is 2.25. The zero-order valence-electron chi connectivity index (χ0n) is 12.3. The van der Waals surface area contributed by atoms with Crippen LogP contribution in [0.15, 0.2) is 0 Å². The quantitative estimate of drug-likeness (QED) is 0.805. The number of amides is 2. The average Bonchev–Trinajstić information content (AvgIpc) is 2.69. The molecule has 2 amide bonds. The maximum atomic E-state index is 12.2. The molecule has 1 saturated heterocycles. The largest absolute Gasteiger partial charge is 0.481 e. The Bertz CT molecular complexity index is 331. The number of carbonyl (C=O) groups is 2. The van der Waals surface area contributed by atoms with Crippen molar-refractivity contribution in [2.24, 2.45) is 11.8 Å². The number of nitrogens with one attached hydrogen (secondary N) is 1. The van der Waals surface area contributed by atoms with Gasteiger partial charge in [0.25, 0.3) is 0 Å². The Balaban J connectivity index is 2.57. The van der Waals surface area contributed by atoms with Gasteiger partial charge in [0.2, 0.25) is 0 Å². The molecular weight excluding hydrogens is 244 g/mol. The average molecular weight is 270 g/mol. The number of nitrogens with zero attached hydrogens (tertiary/aromatic N) is 1. The van der Waals surface area contributed by atoms with Gasteiger partial charge in [0.1, 0.15) is 0 Å². The van der Waals surface area contributed by atoms with Crippen LogP contribution in [0.3, 0.4) is 0 Å². The van der Waals surface area contributed by atoms with E-state index < -0.39 is 11.9 Å². The number of likely N-dealkylation sites (tertiary alicyclic amines) is 1. The zero-order chi connectivity index (χ0) is 14.6. The third-order valence-electron chi connectivity index (χ3n) is 4.09. The van der Waals surface area contributed by atoms with E-state index in [1.54, 1.807) is 0 Å². The lowest BCUT2D eigenvalue weighted by molar-refractivity contribution is -0.142. The molecule has 0 aromatic rings. The minimum atomic E-state index is -0.850. The van der Waals surface area contributed by atoms with Crippen LogP contribution in [0.2, 0.25) is 0 Å². The molecule has 1 aliphatic rings. The van der Waals surface area contributed by atoms with Crippen molar-refractivity contribution >= 4 is 12.0 Å². The summed E-state index contributed by atoms with van der Waals surface area (Å²) >= 11 is 0. The standard InChI is InChI=1S/C14H26N2O3/c1-5-11-7-6-10(4)16(11)14(19)15-8-12(9(2)3)13(17)18/h9-12H,5-8H2,1-4H3,(H,15,19)(H,17,18). The predicted octanol–water partition coefficient (Wildman–Crippen LogP) is 2.32. The Hall–Kier alpha value is -1.26. The lowest BCUT2D eigenvalue weighted by atomic mass is 9.96. The summed E-state index contributed by atoms with van der Waals surface area (Å²) in [7, 11) is 0. The summed E-state index contributed by atoms with van der Waals surface area (Å²) in [4.78, 5) is 25.2. The van der Waals surface area contributed by atoms with E-state index in [0.29, 0.717) is 0 Å². The van der Waals surface area contributed by atoms with Gasteiger partial charge in [-0.15, -0.1) is 0 Å². The van der Waals surface area contributed by atoms with E-state index in [0.717, 1.165) is 19.3 Å². The normalized spacial score (nSPS) is 24.6. The van der Waals surface area contributed by atoms with Gasteiger partial charge in [-0.1, -0.05) is 20.8 Å². The first-order chi connectivity index (χ1) is 8.88. The number of carboxylic acids is 1. The summed E-state index contributed by atoms with van der Waals surface area (Å²) in [5.74, 6) is -1.37. The molecule has 1 rings (SSSR count). The second-order valence-corrected chi connectivity index (χ2v) is 5.77. The highest BCUT2D eigenvalue weighted by atomic mass is 16.4. The Morgan fingerprint density at radius 1 is 1.37 bits per heavy atom. The first kappa shape index (κ1) is 15.8. The predicted molar refractivity (Wildman–Crippen MR) is 74.0 cm³/mol. The number of hydrogen-bond acceptors (Lipinski definition) is 2. The third kappa shape index (κ3) is 3.85. The van der Waals surface area contributed by atoms with Crippen LogP contribution in [0.5, 0.6) is 0 Å². The lowest BCUT2D eigenvalue weighted by Crippen LogP contribution is -2.48. The Morgan fingerprint density at radius 3 is 2.47 bits per heavy atom. The first-order valence-corrected chi connectivity index (χ1v) is 7.17. The molecule has 0 aromatic heterocycles. The Kier molecular flexibility index (Phi) is 5.63. The SMILES string of the molecule is CCC1CCC(C)N1C(=O)NCC(C(=O)O)C(C)C. The fourth-order valence-corrected chi connectivity index (χ4v) is 2.74. The Labute approximate surface area is 115 Å². The molecule has 0 saturated carbocycles. The van der Waals surface area contributed by atoms with E-state index in [2.05, 4.69) is 12.2 Å². The van der Waals surface area contributed by atoms with Gasteiger partial charge in [0.05, 0.1) is 5.92 Å². The molecule has 5 heteroatoms. The molecule has 0 radical (unpaired) electrons. The molecule has 1 heterocycles. The minimum Gasteiger partial charge on any atom is -0.481 e. The number of hydrogen-bond donors (Lipinski definition) is 2. The van der Waals surface area contributed by atoms with E-state index >= 15 is 0 Å². The number of urea groups is 1. The van der Waals surface area contributed by atoms with Crippen molar-refractivity contribution in [1.82, 2.24) is 10.2 Å². The smallest absolute Gasteiger partial charge is 0.317 e. The van der Waals surface area contributed by atoms with Crippen molar-refractivity contribution in [3.63, 3.8) is 0 Å². The molecule has 1 aliphatic heterocycles. The summed E-state index contributed by atoms with van der Waals surface area (Å²) in [5, 5.41) is 11.9. The molecule has 3 atom stereocenters. The molecule has 5 nitrogen and oxygen atoms in total. The summed E-state index contributed by atoms with van der Waals surface area (Å²) in [6, 6.07) is 0.411. The molecular formula is C14H26N2O3. The van der Waals surface area contributed by atoms with Crippen molar-refractivity contribution in [2.75, 3.05) is 6.54 Å². The first-order valence-electron chi connectivity index (χ1n) is 7.17.